The van der Waals surface area contributed by atoms with Crippen LogP contribution in [0.1, 0.15) is 23.4 Å². The Morgan fingerprint density at radius 3 is 2.74 bits per heavy atom. The van der Waals surface area contributed by atoms with Crippen molar-refractivity contribution >= 4 is 34.5 Å². The lowest BCUT2D eigenvalue weighted by molar-refractivity contribution is 0.534. The zero-order valence-corrected chi connectivity index (χ0v) is 12.7. The normalized spacial score (nSPS) is 12.6. The van der Waals surface area contributed by atoms with E-state index in [1.807, 2.05) is 18.4 Å². The lowest BCUT2D eigenvalue weighted by Gasteiger charge is -2.17. The molecule has 0 amide bonds. The highest BCUT2D eigenvalue weighted by Crippen LogP contribution is 2.31. The number of hydrogen-bond acceptors (Lipinski definition) is 2. The third-order valence-corrected chi connectivity index (χ3v) is 4.55. The first-order valence-corrected chi connectivity index (χ1v) is 7.65. The van der Waals surface area contributed by atoms with Gasteiger partial charge in [-0.2, -0.15) is 0 Å². The zero-order valence-electron chi connectivity index (χ0n) is 10.4. The maximum Gasteiger partial charge on any atom is 0.126 e. The van der Waals surface area contributed by atoms with Crippen molar-refractivity contribution in [2.24, 2.45) is 0 Å². The monoisotopic (exact) mass is 317 g/mol. The molecule has 0 aliphatic rings. The third kappa shape index (κ3) is 3.69. The summed E-state index contributed by atoms with van der Waals surface area (Å²) < 4.78 is 13.8. The molecule has 19 heavy (non-hydrogen) atoms. The van der Waals surface area contributed by atoms with E-state index in [1.54, 1.807) is 23.5 Å². The molecule has 0 aliphatic heterocycles. The molecule has 0 fully saturated rings. The van der Waals surface area contributed by atoms with E-state index in [9.17, 15) is 4.39 Å². The number of benzene rings is 1. The Labute approximate surface area is 126 Å². The number of likely N-dealkylation sites (N-methyl/N-ethyl adjacent to an activating group) is 1. The van der Waals surface area contributed by atoms with E-state index in [0.717, 1.165) is 16.4 Å². The van der Waals surface area contributed by atoms with Gasteiger partial charge in [0.2, 0.25) is 0 Å². The second-order valence-corrected chi connectivity index (χ2v) is 5.97. The number of rotatable bonds is 5. The molecule has 0 spiro atoms. The SMILES string of the molecule is CCNC(Cc1cc(Cl)ccc1F)c1sccc1Cl. The lowest BCUT2D eigenvalue weighted by Crippen LogP contribution is -2.22. The van der Waals surface area contributed by atoms with Crippen LogP contribution in [0, 0.1) is 5.82 Å². The van der Waals surface area contributed by atoms with Gasteiger partial charge in [0, 0.05) is 15.9 Å². The molecule has 0 aliphatic carbocycles. The van der Waals surface area contributed by atoms with Crippen molar-refractivity contribution < 1.29 is 4.39 Å². The second-order valence-electron chi connectivity index (χ2n) is 4.18. The second kappa shape index (κ2) is 6.71. The van der Waals surface area contributed by atoms with Gasteiger partial charge in [-0.05, 0) is 48.2 Å². The van der Waals surface area contributed by atoms with Gasteiger partial charge >= 0.3 is 0 Å². The van der Waals surface area contributed by atoms with Crippen molar-refractivity contribution in [2.45, 2.75) is 19.4 Å². The van der Waals surface area contributed by atoms with Crippen LogP contribution in [0.2, 0.25) is 10.0 Å². The van der Waals surface area contributed by atoms with Crippen molar-refractivity contribution in [1.82, 2.24) is 5.32 Å². The molecule has 0 radical (unpaired) electrons. The van der Waals surface area contributed by atoms with Gasteiger partial charge in [0.15, 0.2) is 0 Å². The smallest absolute Gasteiger partial charge is 0.126 e. The fraction of sp³-hybridized carbons (Fsp3) is 0.286. The van der Waals surface area contributed by atoms with Gasteiger partial charge in [-0.15, -0.1) is 11.3 Å². The van der Waals surface area contributed by atoms with Crippen LogP contribution in [0.4, 0.5) is 4.39 Å². The van der Waals surface area contributed by atoms with Crippen LogP contribution in [0.15, 0.2) is 29.6 Å². The predicted molar refractivity (Wildman–Crippen MR) is 80.9 cm³/mol. The standard InChI is InChI=1S/C14H14Cl2FNS/c1-2-18-13(14-11(16)5-6-19-14)8-9-7-10(15)3-4-12(9)17/h3-7,13,18H,2,8H2,1H3. The zero-order chi connectivity index (χ0) is 13.8. The minimum Gasteiger partial charge on any atom is -0.309 e. The minimum atomic E-state index is -0.236. The topological polar surface area (TPSA) is 12.0 Å². The fourth-order valence-corrected chi connectivity index (χ4v) is 3.44. The van der Waals surface area contributed by atoms with Crippen LogP contribution in [-0.2, 0) is 6.42 Å². The molecule has 2 rings (SSSR count). The summed E-state index contributed by atoms with van der Waals surface area (Å²) in [5, 5.41) is 6.54. The van der Waals surface area contributed by atoms with Gasteiger partial charge in [-0.25, -0.2) is 4.39 Å². The first-order valence-electron chi connectivity index (χ1n) is 6.02. The first kappa shape index (κ1) is 14.8. The quantitative estimate of drug-likeness (QED) is 0.810. The molecular formula is C14H14Cl2FNS. The highest BCUT2D eigenvalue weighted by Gasteiger charge is 2.17. The van der Waals surface area contributed by atoms with Crippen molar-refractivity contribution in [2.75, 3.05) is 6.54 Å². The Hall–Kier alpha value is -0.610. The van der Waals surface area contributed by atoms with Gasteiger partial charge in [0.25, 0.3) is 0 Å². The van der Waals surface area contributed by atoms with Crippen LogP contribution in [0.5, 0.6) is 0 Å². The molecule has 102 valence electrons. The van der Waals surface area contributed by atoms with Crippen LogP contribution in [0.25, 0.3) is 0 Å². The summed E-state index contributed by atoms with van der Waals surface area (Å²) in [6, 6.07) is 6.49. The Balaban J connectivity index is 2.26. The predicted octanol–water partition coefficient (Wildman–Crippen LogP) is 5.09. The Kier molecular flexibility index (Phi) is 5.22. The number of hydrogen-bond donors (Lipinski definition) is 1. The molecule has 1 aromatic heterocycles. The minimum absolute atomic E-state index is 0.00506. The molecular weight excluding hydrogens is 304 g/mol. The van der Waals surface area contributed by atoms with Crippen LogP contribution < -0.4 is 5.32 Å². The van der Waals surface area contributed by atoms with Gasteiger partial charge in [-0.1, -0.05) is 30.1 Å². The van der Waals surface area contributed by atoms with E-state index in [-0.39, 0.29) is 11.9 Å². The average Bonchev–Trinajstić information content (AvgIpc) is 2.79. The highest BCUT2D eigenvalue weighted by atomic mass is 35.5. The van der Waals surface area contributed by atoms with Gasteiger partial charge in [-0.3, -0.25) is 0 Å². The van der Waals surface area contributed by atoms with Gasteiger partial charge in [0.1, 0.15) is 5.82 Å². The van der Waals surface area contributed by atoms with E-state index in [1.165, 1.54) is 6.07 Å². The van der Waals surface area contributed by atoms with Crippen LogP contribution >= 0.6 is 34.5 Å². The van der Waals surface area contributed by atoms with E-state index < -0.39 is 0 Å². The number of thiophene rings is 1. The summed E-state index contributed by atoms with van der Waals surface area (Å²) in [7, 11) is 0. The van der Waals surface area contributed by atoms with Gasteiger partial charge in [0.05, 0.1) is 5.02 Å². The molecule has 0 saturated carbocycles. The molecule has 1 unspecified atom stereocenters. The summed E-state index contributed by atoms with van der Waals surface area (Å²) in [5.74, 6) is -0.236. The van der Waals surface area contributed by atoms with E-state index in [4.69, 9.17) is 23.2 Å². The summed E-state index contributed by atoms with van der Waals surface area (Å²) in [5.41, 5.74) is 0.600. The van der Waals surface area contributed by atoms with E-state index in [0.29, 0.717) is 17.0 Å². The van der Waals surface area contributed by atoms with Gasteiger partial charge < -0.3 is 5.32 Å². The maximum absolute atomic E-state index is 13.8. The van der Waals surface area contributed by atoms with E-state index in [2.05, 4.69) is 5.32 Å². The average molecular weight is 318 g/mol. The van der Waals surface area contributed by atoms with Crippen molar-refractivity contribution in [3.05, 3.63) is 55.9 Å². The summed E-state index contributed by atoms with van der Waals surface area (Å²) in [6.07, 6.45) is 0.528. The van der Waals surface area contributed by atoms with Crippen molar-refractivity contribution in [3.63, 3.8) is 0 Å². The molecule has 2 aromatic rings. The molecule has 0 saturated heterocycles. The summed E-state index contributed by atoms with van der Waals surface area (Å²) >= 11 is 13.7. The molecule has 1 aromatic carbocycles. The lowest BCUT2D eigenvalue weighted by atomic mass is 10.0. The third-order valence-electron chi connectivity index (χ3n) is 2.84. The van der Waals surface area contributed by atoms with Crippen LogP contribution in [-0.4, -0.2) is 6.54 Å². The van der Waals surface area contributed by atoms with E-state index >= 15 is 0 Å². The summed E-state index contributed by atoms with van der Waals surface area (Å²) in [4.78, 5) is 1.03. The fourth-order valence-electron chi connectivity index (χ4n) is 1.98. The number of nitrogens with one attached hydrogen (secondary N) is 1. The molecule has 5 heteroatoms. The van der Waals surface area contributed by atoms with Crippen LogP contribution in [0.3, 0.4) is 0 Å². The Morgan fingerprint density at radius 2 is 2.11 bits per heavy atom. The summed E-state index contributed by atoms with van der Waals surface area (Å²) in [6.45, 7) is 2.81. The highest BCUT2D eigenvalue weighted by molar-refractivity contribution is 7.10. The molecule has 1 atom stereocenters. The maximum atomic E-state index is 13.8. The largest absolute Gasteiger partial charge is 0.309 e. The van der Waals surface area contributed by atoms with Crippen molar-refractivity contribution in [1.29, 1.82) is 0 Å². The molecule has 1 N–H and O–H groups in total. The molecule has 1 nitrogen and oxygen atoms in total. The molecule has 0 bridgehead atoms. The molecule has 1 heterocycles. The Bertz CT molecular complexity index is 556. The number of halogens is 3. The van der Waals surface area contributed by atoms with Crippen molar-refractivity contribution in [3.8, 4) is 0 Å². The first-order chi connectivity index (χ1) is 9.11. The Morgan fingerprint density at radius 1 is 1.32 bits per heavy atom.